The lowest BCUT2D eigenvalue weighted by molar-refractivity contribution is 0.537. The lowest BCUT2D eigenvalue weighted by Crippen LogP contribution is -2.05. The summed E-state index contributed by atoms with van der Waals surface area (Å²) >= 11 is 6.04. The lowest BCUT2D eigenvalue weighted by Gasteiger charge is -2.10. The number of nitrogens with two attached hydrogens (primary N) is 1. The van der Waals surface area contributed by atoms with Crippen LogP contribution in [0, 0.1) is 0 Å². The van der Waals surface area contributed by atoms with Gasteiger partial charge in [-0.05, 0) is 37.6 Å². The van der Waals surface area contributed by atoms with Gasteiger partial charge in [0.2, 0.25) is 0 Å². The smallest absolute Gasteiger partial charge is 0.158 e. The molecular weight excluding hydrogens is 236 g/mol. The predicted octanol–water partition coefficient (Wildman–Crippen LogP) is 2.64. The molecule has 90 valence electrons. The third-order valence-corrected chi connectivity index (χ3v) is 2.95. The Morgan fingerprint density at radius 3 is 2.82 bits per heavy atom. The summed E-state index contributed by atoms with van der Waals surface area (Å²) in [7, 11) is 0. The topological polar surface area (TPSA) is 56.7 Å². The quantitative estimate of drug-likeness (QED) is 0.911. The summed E-state index contributed by atoms with van der Waals surface area (Å²) in [6.07, 6.45) is 1.56. The summed E-state index contributed by atoms with van der Waals surface area (Å²) in [5, 5.41) is 4.90. The Bertz CT molecular complexity index is 519. The van der Waals surface area contributed by atoms with E-state index in [1.807, 2.05) is 22.9 Å². The van der Waals surface area contributed by atoms with E-state index in [2.05, 4.69) is 23.9 Å². The second-order valence-electron chi connectivity index (χ2n) is 4.13. The van der Waals surface area contributed by atoms with Crippen LogP contribution in [0.5, 0.6) is 0 Å². The summed E-state index contributed by atoms with van der Waals surface area (Å²) < 4.78 is 1.88. The molecule has 1 heterocycles. The number of hydrogen-bond acceptors (Lipinski definition) is 3. The first-order chi connectivity index (χ1) is 8.13. The zero-order valence-corrected chi connectivity index (χ0v) is 10.6. The fraction of sp³-hybridized carbons (Fsp3) is 0.333. The average Bonchev–Trinajstić information content (AvgIpc) is 2.78. The van der Waals surface area contributed by atoms with E-state index in [9.17, 15) is 0 Å². The van der Waals surface area contributed by atoms with Gasteiger partial charge in [-0.1, -0.05) is 11.6 Å². The Labute approximate surface area is 105 Å². The maximum Gasteiger partial charge on any atom is 0.158 e. The second kappa shape index (κ2) is 4.85. The molecule has 2 N–H and O–H groups in total. The zero-order valence-electron chi connectivity index (χ0n) is 9.89. The lowest BCUT2D eigenvalue weighted by atomic mass is 10.1. The standard InChI is InChI=1S/C12H15ClN4/c1-8(2)17-12(15-7-16-17)9-3-4-11(13)10(5-9)6-14/h3-5,7-8H,6,14H2,1-2H3. The van der Waals surface area contributed by atoms with Crippen LogP contribution in [0.2, 0.25) is 5.02 Å². The highest BCUT2D eigenvalue weighted by Crippen LogP contribution is 2.24. The van der Waals surface area contributed by atoms with Crippen LogP contribution in [0.25, 0.3) is 11.4 Å². The third-order valence-electron chi connectivity index (χ3n) is 2.59. The minimum Gasteiger partial charge on any atom is -0.326 e. The molecule has 0 radical (unpaired) electrons. The first-order valence-electron chi connectivity index (χ1n) is 5.52. The molecule has 0 fully saturated rings. The Morgan fingerprint density at radius 2 is 2.18 bits per heavy atom. The van der Waals surface area contributed by atoms with E-state index < -0.39 is 0 Å². The van der Waals surface area contributed by atoms with Crippen molar-refractivity contribution in [3.63, 3.8) is 0 Å². The van der Waals surface area contributed by atoms with E-state index >= 15 is 0 Å². The highest BCUT2D eigenvalue weighted by molar-refractivity contribution is 6.31. The van der Waals surface area contributed by atoms with Gasteiger partial charge >= 0.3 is 0 Å². The molecule has 0 aliphatic rings. The van der Waals surface area contributed by atoms with Crippen LogP contribution in [0.3, 0.4) is 0 Å². The Hall–Kier alpha value is -1.39. The minimum atomic E-state index is 0.268. The highest BCUT2D eigenvalue weighted by Gasteiger charge is 2.11. The highest BCUT2D eigenvalue weighted by atomic mass is 35.5. The normalized spacial score (nSPS) is 11.1. The van der Waals surface area contributed by atoms with Crippen molar-refractivity contribution in [1.29, 1.82) is 0 Å². The van der Waals surface area contributed by atoms with Gasteiger partial charge in [0.25, 0.3) is 0 Å². The third kappa shape index (κ3) is 2.33. The van der Waals surface area contributed by atoms with Crippen LogP contribution in [0.4, 0.5) is 0 Å². The zero-order chi connectivity index (χ0) is 12.4. The van der Waals surface area contributed by atoms with E-state index in [-0.39, 0.29) is 6.04 Å². The van der Waals surface area contributed by atoms with E-state index in [4.69, 9.17) is 17.3 Å². The predicted molar refractivity (Wildman–Crippen MR) is 68.7 cm³/mol. The van der Waals surface area contributed by atoms with Gasteiger partial charge in [0.05, 0.1) is 0 Å². The number of aromatic nitrogens is 3. The van der Waals surface area contributed by atoms with Gasteiger partial charge in [-0.25, -0.2) is 9.67 Å². The average molecular weight is 251 g/mol. The van der Waals surface area contributed by atoms with Crippen molar-refractivity contribution in [2.24, 2.45) is 5.73 Å². The maximum absolute atomic E-state index is 6.04. The molecule has 1 aromatic carbocycles. The van der Waals surface area contributed by atoms with Gasteiger partial charge in [0.15, 0.2) is 5.82 Å². The van der Waals surface area contributed by atoms with Crippen LogP contribution >= 0.6 is 11.6 Å². The molecule has 4 nitrogen and oxygen atoms in total. The number of nitrogens with zero attached hydrogens (tertiary/aromatic N) is 3. The van der Waals surface area contributed by atoms with Crippen molar-refractivity contribution in [2.75, 3.05) is 0 Å². The molecule has 1 aromatic heterocycles. The van der Waals surface area contributed by atoms with Gasteiger partial charge in [0, 0.05) is 23.2 Å². The molecule has 0 aliphatic carbocycles. The maximum atomic E-state index is 6.04. The molecular formula is C12H15ClN4. The van der Waals surface area contributed by atoms with Crippen molar-refractivity contribution < 1.29 is 0 Å². The van der Waals surface area contributed by atoms with Crippen LogP contribution in [0.15, 0.2) is 24.5 Å². The number of hydrogen-bond donors (Lipinski definition) is 1. The number of benzene rings is 1. The molecule has 0 unspecified atom stereocenters. The van der Waals surface area contributed by atoms with E-state index in [1.54, 1.807) is 6.33 Å². The van der Waals surface area contributed by atoms with Crippen molar-refractivity contribution in [3.8, 4) is 11.4 Å². The molecule has 0 spiro atoms. The Kier molecular flexibility index (Phi) is 3.45. The van der Waals surface area contributed by atoms with Gasteiger partial charge in [0.1, 0.15) is 6.33 Å². The van der Waals surface area contributed by atoms with Gasteiger partial charge in [-0.2, -0.15) is 5.10 Å². The molecule has 5 heteroatoms. The van der Waals surface area contributed by atoms with Gasteiger partial charge in [-0.3, -0.25) is 0 Å². The van der Waals surface area contributed by atoms with E-state index in [0.29, 0.717) is 11.6 Å². The van der Waals surface area contributed by atoms with Crippen LogP contribution < -0.4 is 5.73 Å². The van der Waals surface area contributed by atoms with Crippen molar-refractivity contribution in [3.05, 3.63) is 35.1 Å². The fourth-order valence-electron chi connectivity index (χ4n) is 1.70. The first kappa shape index (κ1) is 12.1. The molecule has 0 bridgehead atoms. The summed E-state index contributed by atoms with van der Waals surface area (Å²) in [6, 6.07) is 6.01. The summed E-state index contributed by atoms with van der Waals surface area (Å²) in [4.78, 5) is 4.28. The largest absolute Gasteiger partial charge is 0.326 e. The minimum absolute atomic E-state index is 0.268. The van der Waals surface area contributed by atoms with E-state index in [0.717, 1.165) is 17.0 Å². The van der Waals surface area contributed by atoms with Crippen LogP contribution in [-0.2, 0) is 6.54 Å². The monoisotopic (exact) mass is 250 g/mol. The SMILES string of the molecule is CC(C)n1ncnc1-c1ccc(Cl)c(CN)c1. The molecule has 0 aliphatic heterocycles. The summed E-state index contributed by atoms with van der Waals surface area (Å²) in [6.45, 7) is 4.55. The van der Waals surface area contributed by atoms with Crippen LogP contribution in [-0.4, -0.2) is 14.8 Å². The fourth-order valence-corrected chi connectivity index (χ4v) is 1.90. The van der Waals surface area contributed by atoms with E-state index in [1.165, 1.54) is 0 Å². The summed E-state index contributed by atoms with van der Waals surface area (Å²) in [5.41, 5.74) is 7.55. The summed E-state index contributed by atoms with van der Waals surface area (Å²) in [5.74, 6) is 0.839. The molecule has 2 rings (SSSR count). The van der Waals surface area contributed by atoms with Crippen LogP contribution in [0.1, 0.15) is 25.5 Å². The number of halogens is 1. The van der Waals surface area contributed by atoms with Gasteiger partial charge < -0.3 is 5.73 Å². The molecule has 0 amide bonds. The second-order valence-corrected chi connectivity index (χ2v) is 4.54. The van der Waals surface area contributed by atoms with Crippen molar-refractivity contribution in [2.45, 2.75) is 26.4 Å². The number of rotatable bonds is 3. The van der Waals surface area contributed by atoms with Gasteiger partial charge in [-0.15, -0.1) is 0 Å². The first-order valence-corrected chi connectivity index (χ1v) is 5.89. The van der Waals surface area contributed by atoms with Crippen molar-refractivity contribution >= 4 is 11.6 Å². The molecule has 0 saturated heterocycles. The molecule has 17 heavy (non-hydrogen) atoms. The Balaban J connectivity index is 2.49. The van der Waals surface area contributed by atoms with Crippen molar-refractivity contribution in [1.82, 2.24) is 14.8 Å². The Morgan fingerprint density at radius 1 is 1.41 bits per heavy atom. The molecule has 2 aromatic rings. The molecule has 0 atom stereocenters. The molecule has 0 saturated carbocycles.